The topological polar surface area (TPSA) is 24.1 Å². The minimum Gasteiger partial charge on any atom is -0.314 e. The van der Waals surface area contributed by atoms with Gasteiger partial charge in [-0.25, -0.2) is 0 Å². The van der Waals surface area contributed by atoms with E-state index in [1.165, 1.54) is 70.9 Å². The fourth-order valence-electron chi connectivity index (χ4n) is 3.64. The average Bonchev–Trinajstić information content (AvgIpc) is 2.62. The van der Waals surface area contributed by atoms with E-state index in [2.05, 4.69) is 24.5 Å². The van der Waals surface area contributed by atoms with Gasteiger partial charge in [-0.05, 0) is 51.0 Å². The molecule has 2 atom stereocenters. The van der Waals surface area contributed by atoms with Crippen molar-refractivity contribution >= 4 is 0 Å². The summed E-state index contributed by atoms with van der Waals surface area (Å²) < 4.78 is 0. The Balaban J connectivity index is 1.66. The molecular weight excluding hydrogens is 220 g/mol. The SMILES string of the molecule is CC(CC1CCCCCN1)NCC1(C)CCCC1. The Morgan fingerprint density at radius 2 is 1.94 bits per heavy atom. The molecule has 1 heterocycles. The lowest BCUT2D eigenvalue weighted by Crippen LogP contribution is -2.40. The number of nitrogens with one attached hydrogen (secondary N) is 2. The van der Waals surface area contributed by atoms with Crippen molar-refractivity contribution in [2.75, 3.05) is 13.1 Å². The molecule has 0 aromatic carbocycles. The second-order valence-corrected chi connectivity index (χ2v) is 7.04. The molecule has 2 aliphatic rings. The van der Waals surface area contributed by atoms with Gasteiger partial charge in [0, 0.05) is 18.6 Å². The monoisotopic (exact) mass is 252 g/mol. The molecular formula is C16H32N2. The van der Waals surface area contributed by atoms with E-state index in [-0.39, 0.29) is 0 Å². The number of rotatable bonds is 5. The zero-order valence-electron chi connectivity index (χ0n) is 12.4. The van der Waals surface area contributed by atoms with Crippen LogP contribution >= 0.6 is 0 Å². The third-order valence-electron chi connectivity index (χ3n) is 4.99. The van der Waals surface area contributed by atoms with Crippen molar-refractivity contribution in [1.29, 1.82) is 0 Å². The highest BCUT2D eigenvalue weighted by molar-refractivity contribution is 4.84. The molecule has 0 aromatic heterocycles. The minimum absolute atomic E-state index is 0.588. The van der Waals surface area contributed by atoms with E-state index in [0.29, 0.717) is 11.5 Å². The van der Waals surface area contributed by atoms with E-state index in [0.717, 1.165) is 6.04 Å². The first-order chi connectivity index (χ1) is 8.68. The molecule has 0 aromatic rings. The summed E-state index contributed by atoms with van der Waals surface area (Å²) in [5, 5.41) is 7.50. The molecule has 1 aliphatic heterocycles. The second kappa shape index (κ2) is 6.91. The lowest BCUT2D eigenvalue weighted by molar-refractivity contribution is 0.287. The van der Waals surface area contributed by atoms with Crippen molar-refractivity contribution in [3.8, 4) is 0 Å². The van der Waals surface area contributed by atoms with Crippen molar-refractivity contribution < 1.29 is 0 Å². The van der Waals surface area contributed by atoms with Crippen molar-refractivity contribution in [2.24, 2.45) is 5.41 Å². The van der Waals surface area contributed by atoms with Crippen LogP contribution in [0.15, 0.2) is 0 Å². The lowest BCUT2D eigenvalue weighted by Gasteiger charge is -2.28. The van der Waals surface area contributed by atoms with E-state index in [1.54, 1.807) is 0 Å². The van der Waals surface area contributed by atoms with Crippen LogP contribution in [0.2, 0.25) is 0 Å². The largest absolute Gasteiger partial charge is 0.314 e. The predicted octanol–water partition coefficient (Wildman–Crippen LogP) is 3.47. The van der Waals surface area contributed by atoms with Crippen LogP contribution in [0.4, 0.5) is 0 Å². The Labute approximate surface area is 113 Å². The van der Waals surface area contributed by atoms with Crippen LogP contribution in [0.5, 0.6) is 0 Å². The van der Waals surface area contributed by atoms with Gasteiger partial charge in [-0.3, -0.25) is 0 Å². The van der Waals surface area contributed by atoms with Crippen LogP contribution in [0.1, 0.15) is 71.6 Å². The third-order valence-corrected chi connectivity index (χ3v) is 4.99. The molecule has 0 spiro atoms. The average molecular weight is 252 g/mol. The van der Waals surface area contributed by atoms with Gasteiger partial charge in [-0.15, -0.1) is 0 Å². The summed E-state index contributed by atoms with van der Waals surface area (Å²) in [6, 6.07) is 1.42. The Bertz CT molecular complexity index is 225. The van der Waals surface area contributed by atoms with Crippen molar-refractivity contribution in [1.82, 2.24) is 10.6 Å². The van der Waals surface area contributed by atoms with E-state index < -0.39 is 0 Å². The molecule has 2 heteroatoms. The Kier molecular flexibility index (Phi) is 5.50. The molecule has 2 rings (SSSR count). The summed E-state index contributed by atoms with van der Waals surface area (Å²) in [5.41, 5.74) is 0.588. The Morgan fingerprint density at radius 1 is 1.17 bits per heavy atom. The highest BCUT2D eigenvalue weighted by atomic mass is 15.0. The first kappa shape index (κ1) is 14.3. The van der Waals surface area contributed by atoms with Gasteiger partial charge in [0.1, 0.15) is 0 Å². The second-order valence-electron chi connectivity index (χ2n) is 7.04. The normalized spacial score (nSPS) is 30.0. The van der Waals surface area contributed by atoms with Crippen LogP contribution in [0.25, 0.3) is 0 Å². The first-order valence-corrected chi connectivity index (χ1v) is 8.15. The summed E-state index contributed by atoms with van der Waals surface area (Å²) in [4.78, 5) is 0. The maximum atomic E-state index is 3.79. The van der Waals surface area contributed by atoms with Crippen LogP contribution in [-0.4, -0.2) is 25.2 Å². The summed E-state index contributed by atoms with van der Waals surface area (Å²) >= 11 is 0. The number of hydrogen-bond donors (Lipinski definition) is 2. The zero-order chi connectivity index (χ0) is 12.8. The van der Waals surface area contributed by atoms with Gasteiger partial charge >= 0.3 is 0 Å². The molecule has 0 bridgehead atoms. The zero-order valence-corrected chi connectivity index (χ0v) is 12.4. The molecule has 1 saturated carbocycles. The molecule has 2 fully saturated rings. The predicted molar refractivity (Wildman–Crippen MR) is 78.9 cm³/mol. The van der Waals surface area contributed by atoms with Gasteiger partial charge in [-0.1, -0.05) is 32.6 Å². The van der Waals surface area contributed by atoms with Gasteiger partial charge in [0.05, 0.1) is 0 Å². The molecule has 0 amide bonds. The standard InChI is InChI=1S/C16H32N2/c1-14(12-15-8-4-3-7-11-17-15)18-13-16(2)9-5-6-10-16/h14-15,17-18H,3-13H2,1-2H3. The fraction of sp³-hybridized carbons (Fsp3) is 1.00. The molecule has 106 valence electrons. The molecule has 2 unspecified atom stereocenters. The van der Waals surface area contributed by atoms with Crippen molar-refractivity contribution in [3.63, 3.8) is 0 Å². The van der Waals surface area contributed by atoms with Gasteiger partial charge < -0.3 is 10.6 Å². The smallest absolute Gasteiger partial charge is 0.00817 e. The van der Waals surface area contributed by atoms with Crippen molar-refractivity contribution in [3.05, 3.63) is 0 Å². The van der Waals surface area contributed by atoms with E-state index in [4.69, 9.17) is 0 Å². The fourth-order valence-corrected chi connectivity index (χ4v) is 3.64. The maximum Gasteiger partial charge on any atom is 0.00817 e. The summed E-state index contributed by atoms with van der Waals surface area (Å²) in [5.74, 6) is 0. The van der Waals surface area contributed by atoms with Crippen LogP contribution in [0, 0.1) is 5.41 Å². The molecule has 2 nitrogen and oxygen atoms in total. The van der Waals surface area contributed by atoms with Crippen LogP contribution < -0.4 is 10.6 Å². The summed E-state index contributed by atoms with van der Waals surface area (Å²) in [6.07, 6.45) is 12.6. The van der Waals surface area contributed by atoms with Gasteiger partial charge in [0.25, 0.3) is 0 Å². The minimum atomic E-state index is 0.588. The molecule has 0 radical (unpaired) electrons. The molecule has 18 heavy (non-hydrogen) atoms. The van der Waals surface area contributed by atoms with E-state index in [1.807, 2.05) is 0 Å². The van der Waals surface area contributed by atoms with Gasteiger partial charge in [0.15, 0.2) is 0 Å². The first-order valence-electron chi connectivity index (χ1n) is 8.15. The van der Waals surface area contributed by atoms with Gasteiger partial charge in [0.2, 0.25) is 0 Å². The highest BCUT2D eigenvalue weighted by Crippen LogP contribution is 2.36. The quantitative estimate of drug-likeness (QED) is 0.783. The lowest BCUT2D eigenvalue weighted by atomic mass is 9.88. The van der Waals surface area contributed by atoms with E-state index in [9.17, 15) is 0 Å². The molecule has 1 aliphatic carbocycles. The van der Waals surface area contributed by atoms with Crippen molar-refractivity contribution in [2.45, 2.75) is 83.7 Å². The molecule has 2 N–H and O–H groups in total. The van der Waals surface area contributed by atoms with Gasteiger partial charge in [-0.2, -0.15) is 0 Å². The van der Waals surface area contributed by atoms with E-state index >= 15 is 0 Å². The van der Waals surface area contributed by atoms with Crippen LogP contribution in [-0.2, 0) is 0 Å². The third kappa shape index (κ3) is 4.55. The Morgan fingerprint density at radius 3 is 2.72 bits per heavy atom. The number of hydrogen-bond acceptors (Lipinski definition) is 2. The highest BCUT2D eigenvalue weighted by Gasteiger charge is 2.28. The summed E-state index contributed by atoms with van der Waals surface area (Å²) in [6.45, 7) is 7.28. The maximum absolute atomic E-state index is 3.79. The molecule has 1 saturated heterocycles. The summed E-state index contributed by atoms with van der Waals surface area (Å²) in [7, 11) is 0. The Hall–Kier alpha value is -0.0800. The van der Waals surface area contributed by atoms with Crippen LogP contribution in [0.3, 0.4) is 0 Å².